The predicted octanol–water partition coefficient (Wildman–Crippen LogP) is -1.09. The fourth-order valence-corrected chi connectivity index (χ4v) is 5.11. The predicted molar refractivity (Wildman–Crippen MR) is 95.3 cm³/mol. The van der Waals surface area contributed by atoms with E-state index >= 15 is 4.39 Å². The summed E-state index contributed by atoms with van der Waals surface area (Å²) in [5.74, 6) is -0.921. The quantitative estimate of drug-likeness (QED) is 0.173. The molecule has 1 saturated heterocycles. The summed E-state index contributed by atoms with van der Waals surface area (Å²) in [6.45, 7) is -3.85. The summed E-state index contributed by atoms with van der Waals surface area (Å²) < 4.78 is 94.0. The van der Waals surface area contributed by atoms with Gasteiger partial charge in [-0.05, 0) is 0 Å². The number of nitrogens with zero attached hydrogens (tertiary/aromatic N) is 2. The third-order valence-corrected chi connectivity index (χ3v) is 7.12. The molecule has 0 radical (unpaired) electrons. The highest BCUT2D eigenvalue weighted by Crippen LogP contribution is 2.66. The molecule has 21 heteroatoms. The molecule has 1 aliphatic rings. The van der Waals surface area contributed by atoms with Gasteiger partial charge in [0.25, 0.3) is 0 Å². The Morgan fingerprint density at radius 2 is 1.94 bits per heavy atom. The number of aliphatic hydroxyl groups excluding tert-OH is 1. The van der Waals surface area contributed by atoms with Crippen LogP contribution in [0.3, 0.4) is 0 Å². The van der Waals surface area contributed by atoms with Crippen LogP contribution in [0.15, 0.2) is 11.0 Å². The van der Waals surface area contributed by atoms with Crippen molar-refractivity contribution in [3.8, 4) is 12.3 Å². The largest absolute Gasteiger partial charge is 0.490 e. The molecule has 1 fully saturated rings. The second-order valence-corrected chi connectivity index (χ2v) is 10.1. The molecule has 7 N–H and O–H groups in total. The Labute approximate surface area is 178 Å². The van der Waals surface area contributed by atoms with Crippen LogP contribution in [0, 0.1) is 18.2 Å². The standard InChI is InChI=1S/C11H14F2N3O13P3/c1-2-11(13)7(17)6(27-9(11)16-3-5(12)8(14)15-10(16)18)4-26-31(22,23)29-32(24,25)28-30(19,20)21/h1,3,6-7,9,17H,4H2,(H,22,23)(H,24,25)(H2,14,15,18)(H2,19,20,21)/t6-,7+,9-,11?/m1/s1/i4D2. The molecule has 0 spiro atoms. The molecule has 0 amide bonds. The first-order chi connectivity index (χ1) is 15.1. The van der Waals surface area contributed by atoms with Crippen molar-refractivity contribution in [2.75, 3.05) is 12.3 Å². The van der Waals surface area contributed by atoms with Gasteiger partial charge < -0.3 is 35.2 Å². The van der Waals surface area contributed by atoms with Crippen LogP contribution >= 0.6 is 23.5 Å². The molecule has 0 aliphatic carbocycles. The maximum atomic E-state index is 15.3. The van der Waals surface area contributed by atoms with Gasteiger partial charge in [-0.25, -0.2) is 27.3 Å². The SMILES string of the molecule is [2H]C([2H])(OP(=O)(O)OP(=O)(O)OP(=O)(O)O)[C@H]1O[C@@H](n2cc(F)c(N)nc2=O)C(F)(C#C)[C@H]1O. The molecule has 2 heterocycles. The lowest BCUT2D eigenvalue weighted by atomic mass is 9.97. The number of ether oxygens (including phenoxy) is 1. The van der Waals surface area contributed by atoms with Crippen molar-refractivity contribution in [3.63, 3.8) is 0 Å². The second kappa shape index (κ2) is 8.99. The highest BCUT2D eigenvalue weighted by molar-refractivity contribution is 7.66. The first kappa shape index (κ1) is 23.6. The number of aromatic nitrogens is 2. The summed E-state index contributed by atoms with van der Waals surface area (Å²) in [4.78, 5) is 50.6. The lowest BCUT2D eigenvalue weighted by Gasteiger charge is -2.23. The molecule has 1 aromatic heterocycles. The number of terminal acetylenes is 1. The summed E-state index contributed by atoms with van der Waals surface area (Å²) >= 11 is 0. The summed E-state index contributed by atoms with van der Waals surface area (Å²) in [7, 11) is -18.0. The van der Waals surface area contributed by atoms with Crippen LogP contribution in [0.4, 0.5) is 14.6 Å². The normalized spacial score (nSPS) is 31.1. The highest BCUT2D eigenvalue weighted by Gasteiger charge is 2.58. The van der Waals surface area contributed by atoms with Gasteiger partial charge in [0.2, 0.25) is 5.67 Å². The third-order valence-electron chi connectivity index (χ3n) is 3.46. The fourth-order valence-electron chi connectivity index (χ4n) is 2.24. The minimum Gasteiger partial charge on any atom is -0.386 e. The summed E-state index contributed by atoms with van der Waals surface area (Å²) in [6.07, 6.45) is -2.76. The minimum atomic E-state index is -6.15. The molecule has 3 unspecified atom stereocenters. The number of phosphoric ester groups is 1. The van der Waals surface area contributed by atoms with Gasteiger partial charge in [0, 0.05) is 0 Å². The molecule has 1 aliphatic heterocycles. The number of alkyl halides is 1. The van der Waals surface area contributed by atoms with Crippen molar-refractivity contribution >= 4 is 29.3 Å². The Morgan fingerprint density at radius 3 is 2.47 bits per heavy atom. The van der Waals surface area contributed by atoms with E-state index in [9.17, 15) is 32.9 Å². The van der Waals surface area contributed by atoms with Crippen LogP contribution in [0.1, 0.15) is 8.97 Å². The molecular weight excluding hydrogens is 513 g/mol. The van der Waals surface area contributed by atoms with Crippen molar-refractivity contribution in [3.05, 3.63) is 22.5 Å². The Balaban J connectivity index is 2.39. The summed E-state index contributed by atoms with van der Waals surface area (Å²) in [5, 5.41) is 10.2. The van der Waals surface area contributed by atoms with E-state index in [1.165, 1.54) is 5.92 Å². The van der Waals surface area contributed by atoms with Crippen molar-refractivity contribution in [2.45, 2.75) is 24.1 Å². The fraction of sp³-hybridized carbons (Fsp3) is 0.455. The molecule has 1 aromatic rings. The number of rotatable bonds is 8. The zero-order chi connectivity index (χ0) is 26.5. The maximum Gasteiger partial charge on any atom is 0.490 e. The van der Waals surface area contributed by atoms with E-state index in [2.05, 4.69) is 18.1 Å². The van der Waals surface area contributed by atoms with Crippen LogP contribution in [0.2, 0.25) is 0 Å². The van der Waals surface area contributed by atoms with Gasteiger partial charge in [0.05, 0.1) is 15.5 Å². The van der Waals surface area contributed by atoms with Gasteiger partial charge in [0.15, 0.2) is 17.9 Å². The van der Waals surface area contributed by atoms with Crippen molar-refractivity contribution in [1.82, 2.24) is 9.55 Å². The monoisotopic (exact) mass is 529 g/mol. The molecule has 32 heavy (non-hydrogen) atoms. The average molecular weight is 529 g/mol. The van der Waals surface area contributed by atoms with E-state index in [0.717, 1.165) is 0 Å². The Kier molecular flexibility index (Phi) is 6.63. The number of aliphatic hydroxyl groups is 1. The molecule has 0 bridgehead atoms. The number of anilines is 1. The third kappa shape index (κ3) is 6.06. The van der Waals surface area contributed by atoms with Gasteiger partial charge in [-0.3, -0.25) is 9.09 Å². The second-order valence-electron chi connectivity index (χ2n) is 5.73. The molecule has 6 atom stereocenters. The number of nitrogen functional groups attached to an aromatic ring is 1. The lowest BCUT2D eigenvalue weighted by Crippen LogP contribution is -2.44. The zero-order valence-electron chi connectivity index (χ0n) is 17.0. The van der Waals surface area contributed by atoms with Crippen molar-refractivity contribution < 1.29 is 67.8 Å². The molecule has 0 saturated carbocycles. The molecule has 16 nitrogen and oxygen atoms in total. The van der Waals surface area contributed by atoms with Gasteiger partial charge in [-0.15, -0.1) is 6.42 Å². The first-order valence-corrected chi connectivity index (χ1v) is 12.1. The molecule has 2 rings (SSSR count). The van der Waals surface area contributed by atoms with Gasteiger partial charge in [-0.1, -0.05) is 5.92 Å². The number of nitrogens with two attached hydrogens (primary N) is 1. The van der Waals surface area contributed by atoms with Gasteiger partial charge in [0.1, 0.15) is 12.2 Å². The zero-order valence-corrected chi connectivity index (χ0v) is 17.6. The molecule has 0 aromatic carbocycles. The lowest BCUT2D eigenvalue weighted by molar-refractivity contribution is -0.0537. The Hall–Kier alpha value is -1.57. The maximum absolute atomic E-state index is 15.3. The molecular formula is C11H14F2N3O13P3. The van der Waals surface area contributed by atoms with Crippen molar-refractivity contribution in [1.29, 1.82) is 0 Å². The number of hydrogen-bond donors (Lipinski definition) is 6. The van der Waals surface area contributed by atoms with E-state index < -0.39 is 71.5 Å². The molecule has 180 valence electrons. The average Bonchev–Trinajstić information content (AvgIpc) is 2.87. The van der Waals surface area contributed by atoms with E-state index in [1.54, 1.807) is 0 Å². The number of phosphoric acid groups is 3. The first-order valence-electron chi connectivity index (χ1n) is 8.53. The minimum absolute atomic E-state index is 0.0513. The number of hydrogen-bond acceptors (Lipinski definition) is 11. The van der Waals surface area contributed by atoms with Crippen molar-refractivity contribution in [2.24, 2.45) is 0 Å². The smallest absolute Gasteiger partial charge is 0.386 e. The number of halogens is 2. The topological polar surface area (TPSA) is 250 Å². The van der Waals surface area contributed by atoms with E-state index in [1.807, 2.05) is 0 Å². The Bertz CT molecular complexity index is 1220. The van der Waals surface area contributed by atoms with E-state index in [4.69, 9.17) is 34.3 Å². The van der Waals surface area contributed by atoms with Gasteiger partial charge >= 0.3 is 29.2 Å². The Morgan fingerprint density at radius 1 is 1.34 bits per heavy atom. The summed E-state index contributed by atoms with van der Waals surface area (Å²) in [5.41, 5.74) is 0.0992. The van der Waals surface area contributed by atoms with Crippen LogP contribution in [-0.2, 0) is 31.6 Å². The van der Waals surface area contributed by atoms with Crippen LogP contribution in [0.5, 0.6) is 0 Å². The van der Waals surface area contributed by atoms with E-state index in [-0.39, 0.29) is 10.8 Å². The van der Waals surface area contributed by atoms with Gasteiger partial charge in [-0.2, -0.15) is 13.6 Å². The van der Waals surface area contributed by atoms with E-state index in [0.29, 0.717) is 0 Å². The summed E-state index contributed by atoms with van der Waals surface area (Å²) in [6, 6.07) is 0. The van der Waals surface area contributed by atoms with Crippen LogP contribution in [-0.4, -0.2) is 58.7 Å². The van der Waals surface area contributed by atoms with Crippen LogP contribution in [0.25, 0.3) is 0 Å². The van der Waals surface area contributed by atoms with Crippen LogP contribution < -0.4 is 11.4 Å². The highest BCUT2D eigenvalue weighted by atomic mass is 31.3.